The molecular weight excluding hydrogens is 400 g/mol. The summed E-state index contributed by atoms with van der Waals surface area (Å²) >= 11 is 6.11. The van der Waals surface area contributed by atoms with Crippen molar-refractivity contribution in [1.82, 2.24) is 10.2 Å². The first-order chi connectivity index (χ1) is 14.3. The number of nitrogens with zero attached hydrogens (tertiary/aromatic N) is 3. The molecule has 0 fully saturated rings. The van der Waals surface area contributed by atoms with Gasteiger partial charge in [0.05, 0.1) is 12.3 Å². The van der Waals surface area contributed by atoms with Crippen LogP contribution < -0.4 is 10.2 Å². The number of benzene rings is 2. The van der Waals surface area contributed by atoms with Crippen molar-refractivity contribution < 1.29 is 9.63 Å². The van der Waals surface area contributed by atoms with Crippen molar-refractivity contribution in [1.29, 1.82) is 0 Å². The predicted molar refractivity (Wildman–Crippen MR) is 122 cm³/mol. The molecule has 0 unspecified atom stereocenters. The summed E-state index contributed by atoms with van der Waals surface area (Å²) in [5.41, 5.74) is 4.04. The average molecular weight is 429 g/mol. The molecular formula is C23H29ClN4O2. The van der Waals surface area contributed by atoms with Gasteiger partial charge in [-0.2, -0.15) is 0 Å². The van der Waals surface area contributed by atoms with Gasteiger partial charge in [0.2, 0.25) is 0 Å². The van der Waals surface area contributed by atoms with Crippen LogP contribution >= 0.6 is 11.6 Å². The Morgan fingerprint density at radius 2 is 1.97 bits per heavy atom. The SMILES string of the molecule is CC(C)NC(=O)N(Cc1cccc(Cl)c1)C[C@@H]1CC(c2ccc(N(C)C)cc2)=NO1. The van der Waals surface area contributed by atoms with Crippen molar-refractivity contribution in [2.24, 2.45) is 5.16 Å². The van der Waals surface area contributed by atoms with E-state index >= 15 is 0 Å². The van der Waals surface area contributed by atoms with Crippen LogP contribution in [0.5, 0.6) is 0 Å². The largest absolute Gasteiger partial charge is 0.390 e. The fraction of sp³-hybridized carbons (Fsp3) is 0.391. The van der Waals surface area contributed by atoms with Crippen molar-refractivity contribution >= 4 is 29.0 Å². The van der Waals surface area contributed by atoms with Crippen molar-refractivity contribution in [3.05, 3.63) is 64.7 Å². The lowest BCUT2D eigenvalue weighted by Crippen LogP contribution is -2.45. The quantitative estimate of drug-likeness (QED) is 0.705. The van der Waals surface area contributed by atoms with Crippen LogP contribution in [0.2, 0.25) is 5.02 Å². The summed E-state index contributed by atoms with van der Waals surface area (Å²) in [5, 5.41) is 7.90. The zero-order chi connectivity index (χ0) is 21.7. The maximum absolute atomic E-state index is 12.8. The number of anilines is 1. The van der Waals surface area contributed by atoms with Gasteiger partial charge in [0.15, 0.2) is 6.10 Å². The van der Waals surface area contributed by atoms with Gasteiger partial charge in [-0.05, 0) is 49.2 Å². The van der Waals surface area contributed by atoms with Crippen molar-refractivity contribution in [2.75, 3.05) is 25.5 Å². The Bertz CT molecular complexity index is 896. The Morgan fingerprint density at radius 3 is 2.60 bits per heavy atom. The number of urea groups is 1. The Hall–Kier alpha value is -2.73. The molecule has 7 heteroatoms. The fourth-order valence-electron chi connectivity index (χ4n) is 3.31. The van der Waals surface area contributed by atoms with E-state index in [1.165, 1.54) is 0 Å². The Kier molecular flexibility index (Phi) is 7.21. The molecule has 2 aromatic rings. The fourth-order valence-corrected chi connectivity index (χ4v) is 3.52. The van der Waals surface area contributed by atoms with E-state index in [4.69, 9.17) is 16.4 Å². The summed E-state index contributed by atoms with van der Waals surface area (Å²) < 4.78 is 0. The van der Waals surface area contributed by atoms with Crippen molar-refractivity contribution in [2.45, 2.75) is 39.0 Å². The van der Waals surface area contributed by atoms with E-state index in [9.17, 15) is 4.79 Å². The highest BCUT2D eigenvalue weighted by Gasteiger charge is 2.27. The molecule has 1 aliphatic heterocycles. The normalized spacial score (nSPS) is 15.5. The first kappa shape index (κ1) is 22.0. The lowest BCUT2D eigenvalue weighted by Gasteiger charge is -2.26. The van der Waals surface area contributed by atoms with Crippen LogP contribution in [-0.2, 0) is 11.4 Å². The number of amides is 2. The second-order valence-electron chi connectivity index (χ2n) is 8.03. The Labute approximate surface area is 183 Å². The number of halogens is 1. The molecule has 0 radical (unpaired) electrons. The third-order valence-corrected chi connectivity index (χ3v) is 5.07. The van der Waals surface area contributed by atoms with Gasteiger partial charge >= 0.3 is 6.03 Å². The van der Waals surface area contributed by atoms with E-state index < -0.39 is 0 Å². The summed E-state index contributed by atoms with van der Waals surface area (Å²) in [5.74, 6) is 0. The van der Waals surface area contributed by atoms with Crippen LogP contribution in [0.15, 0.2) is 53.7 Å². The second-order valence-corrected chi connectivity index (χ2v) is 8.46. The highest BCUT2D eigenvalue weighted by molar-refractivity contribution is 6.30. The van der Waals surface area contributed by atoms with Crippen LogP contribution in [0, 0.1) is 0 Å². The van der Waals surface area contributed by atoms with E-state index in [2.05, 4.69) is 39.6 Å². The Balaban J connectivity index is 1.66. The summed E-state index contributed by atoms with van der Waals surface area (Å²) in [4.78, 5) is 22.3. The predicted octanol–water partition coefficient (Wildman–Crippen LogP) is 4.52. The van der Waals surface area contributed by atoms with Gasteiger partial charge in [-0.1, -0.05) is 41.0 Å². The molecule has 1 aliphatic rings. The molecule has 0 spiro atoms. The molecule has 1 N–H and O–H groups in total. The third kappa shape index (κ3) is 5.89. The van der Waals surface area contributed by atoms with Gasteiger partial charge in [0, 0.05) is 43.8 Å². The minimum atomic E-state index is -0.189. The lowest BCUT2D eigenvalue weighted by atomic mass is 10.0. The molecule has 0 aliphatic carbocycles. The van der Waals surface area contributed by atoms with Crippen molar-refractivity contribution in [3.63, 3.8) is 0 Å². The molecule has 0 saturated heterocycles. The molecule has 2 aromatic carbocycles. The minimum Gasteiger partial charge on any atom is -0.390 e. The van der Waals surface area contributed by atoms with Crippen LogP contribution in [0.4, 0.5) is 10.5 Å². The number of rotatable bonds is 7. The molecule has 0 aromatic heterocycles. The molecule has 160 valence electrons. The first-order valence-corrected chi connectivity index (χ1v) is 10.5. The Morgan fingerprint density at radius 1 is 1.23 bits per heavy atom. The third-order valence-electron chi connectivity index (χ3n) is 4.84. The van der Waals surface area contributed by atoms with Crippen LogP contribution in [0.3, 0.4) is 0 Å². The number of nitrogens with one attached hydrogen (secondary N) is 1. The number of hydrogen-bond acceptors (Lipinski definition) is 4. The number of carbonyl (C=O) groups excluding carboxylic acids is 1. The zero-order valence-corrected chi connectivity index (χ0v) is 18.7. The van der Waals surface area contributed by atoms with Gasteiger partial charge in [-0.3, -0.25) is 0 Å². The summed E-state index contributed by atoms with van der Waals surface area (Å²) in [7, 11) is 4.02. The maximum atomic E-state index is 12.8. The van der Waals surface area contributed by atoms with Gasteiger partial charge in [0.1, 0.15) is 0 Å². The topological polar surface area (TPSA) is 57.2 Å². The molecule has 0 saturated carbocycles. The van der Waals surface area contributed by atoms with Gasteiger partial charge in [-0.15, -0.1) is 0 Å². The van der Waals surface area contributed by atoms with E-state index in [-0.39, 0.29) is 18.2 Å². The minimum absolute atomic E-state index is 0.0471. The molecule has 1 atom stereocenters. The van der Waals surface area contributed by atoms with Crippen LogP contribution in [-0.4, -0.2) is 49.4 Å². The smallest absolute Gasteiger partial charge is 0.318 e. The average Bonchev–Trinajstić information content (AvgIpc) is 3.15. The second kappa shape index (κ2) is 9.85. The van der Waals surface area contributed by atoms with Gasteiger partial charge in [-0.25, -0.2) is 4.79 Å². The molecule has 1 heterocycles. The first-order valence-electron chi connectivity index (χ1n) is 10.1. The summed E-state index contributed by atoms with van der Waals surface area (Å²) in [6, 6.07) is 15.7. The van der Waals surface area contributed by atoms with E-state index in [0.717, 1.165) is 22.5 Å². The summed E-state index contributed by atoms with van der Waals surface area (Å²) in [6.45, 7) is 4.78. The maximum Gasteiger partial charge on any atom is 0.318 e. The van der Waals surface area contributed by atoms with Crippen LogP contribution in [0.25, 0.3) is 0 Å². The lowest BCUT2D eigenvalue weighted by molar-refractivity contribution is 0.0586. The van der Waals surface area contributed by atoms with E-state index in [1.54, 1.807) is 4.90 Å². The van der Waals surface area contributed by atoms with Gasteiger partial charge < -0.3 is 20.0 Å². The van der Waals surface area contributed by atoms with E-state index in [0.29, 0.717) is 24.5 Å². The molecule has 2 amide bonds. The van der Waals surface area contributed by atoms with E-state index in [1.807, 2.05) is 52.2 Å². The molecule has 6 nitrogen and oxygen atoms in total. The zero-order valence-electron chi connectivity index (χ0n) is 17.9. The number of oxime groups is 1. The molecule has 3 rings (SSSR count). The molecule has 0 bridgehead atoms. The highest BCUT2D eigenvalue weighted by Crippen LogP contribution is 2.21. The van der Waals surface area contributed by atoms with Gasteiger partial charge in [0.25, 0.3) is 0 Å². The van der Waals surface area contributed by atoms with Crippen molar-refractivity contribution in [3.8, 4) is 0 Å². The highest BCUT2D eigenvalue weighted by atomic mass is 35.5. The monoisotopic (exact) mass is 428 g/mol. The number of hydrogen-bond donors (Lipinski definition) is 1. The molecule has 30 heavy (non-hydrogen) atoms. The number of carbonyl (C=O) groups is 1. The summed E-state index contributed by atoms with van der Waals surface area (Å²) in [6.07, 6.45) is 0.466. The van der Waals surface area contributed by atoms with Crippen LogP contribution in [0.1, 0.15) is 31.4 Å². The standard InChI is InChI=1S/C23H29ClN4O2/c1-16(2)25-23(29)28(14-17-6-5-7-19(24)12-17)15-21-13-22(26-30-21)18-8-10-20(11-9-18)27(3)4/h5-12,16,21H,13-15H2,1-4H3,(H,25,29)/t21-/m0/s1.